The molecule has 0 bridgehead atoms. The topological polar surface area (TPSA) is 108 Å². The van der Waals surface area contributed by atoms with Crippen molar-refractivity contribution in [3.8, 4) is 0 Å². The molecule has 1 aromatic heterocycles. The van der Waals surface area contributed by atoms with E-state index in [2.05, 4.69) is 36.1 Å². The van der Waals surface area contributed by atoms with E-state index in [1.54, 1.807) is 7.05 Å². The van der Waals surface area contributed by atoms with Crippen molar-refractivity contribution in [2.45, 2.75) is 26.8 Å². The average molecular weight is 308 g/mol. The number of rotatable bonds is 4. The number of carbonyl (C=O) groups is 1. The minimum Gasteiger partial charge on any atom is -0.465 e. The molecule has 0 saturated carbocycles. The molecule has 4 N–H and O–H groups in total. The summed E-state index contributed by atoms with van der Waals surface area (Å²) in [6.45, 7) is 8.39. The molecule has 8 heteroatoms. The van der Waals surface area contributed by atoms with Crippen molar-refractivity contribution < 1.29 is 9.90 Å². The van der Waals surface area contributed by atoms with E-state index in [0.29, 0.717) is 18.9 Å². The maximum Gasteiger partial charge on any atom is 0.407 e. The van der Waals surface area contributed by atoms with E-state index in [-0.39, 0.29) is 17.4 Å². The molecule has 2 heterocycles. The minimum atomic E-state index is -0.917. The molecule has 0 atom stereocenters. The predicted molar refractivity (Wildman–Crippen MR) is 86.2 cm³/mol. The normalized spacial score (nSPS) is 15.4. The minimum absolute atomic E-state index is 0.0142. The second-order valence-corrected chi connectivity index (χ2v) is 6.84. The lowest BCUT2D eigenvalue weighted by Gasteiger charge is -2.43. The van der Waals surface area contributed by atoms with Gasteiger partial charge in [0.2, 0.25) is 5.95 Å². The van der Waals surface area contributed by atoms with E-state index >= 15 is 0 Å². The molecule has 0 spiro atoms. The van der Waals surface area contributed by atoms with Gasteiger partial charge in [-0.05, 0) is 5.41 Å². The number of aromatic nitrogens is 2. The zero-order valence-electron chi connectivity index (χ0n) is 13.5. The van der Waals surface area contributed by atoms with Gasteiger partial charge in [-0.3, -0.25) is 0 Å². The zero-order chi connectivity index (χ0) is 16.5. The van der Waals surface area contributed by atoms with E-state index in [0.717, 1.165) is 12.4 Å². The molecule has 1 aromatic rings. The largest absolute Gasteiger partial charge is 0.465 e. The Morgan fingerprint density at radius 2 is 2.14 bits per heavy atom. The molecule has 0 aliphatic carbocycles. The lowest BCUT2D eigenvalue weighted by molar-refractivity contribution is 0.129. The summed E-state index contributed by atoms with van der Waals surface area (Å²) in [7, 11) is 1.58. The number of hydrogen-bond donors (Lipinski definition) is 3. The van der Waals surface area contributed by atoms with E-state index < -0.39 is 6.09 Å². The van der Waals surface area contributed by atoms with E-state index in [1.807, 2.05) is 11.0 Å². The fraction of sp³-hybridized carbons (Fsp3) is 0.643. The number of nitrogen functional groups attached to an aromatic ring is 1. The summed E-state index contributed by atoms with van der Waals surface area (Å²) >= 11 is 0. The number of likely N-dealkylation sites (N-methyl/N-ethyl adjacent to an activating group) is 1. The Hall–Kier alpha value is -2.25. The van der Waals surface area contributed by atoms with Crippen molar-refractivity contribution in [1.29, 1.82) is 0 Å². The smallest absolute Gasteiger partial charge is 0.407 e. The number of nitrogens with one attached hydrogen (secondary N) is 1. The molecule has 0 radical (unpaired) electrons. The Bertz CT molecular complexity index is 551. The fourth-order valence-electron chi connectivity index (χ4n) is 2.10. The molecule has 2 rings (SSSR count). The Balaban J connectivity index is 2.01. The first-order chi connectivity index (χ1) is 10.2. The molecule has 1 amide bonds. The van der Waals surface area contributed by atoms with Gasteiger partial charge in [-0.25, -0.2) is 4.79 Å². The molecule has 1 fully saturated rings. The summed E-state index contributed by atoms with van der Waals surface area (Å²) in [6, 6.07) is 1.83. The highest BCUT2D eigenvalue weighted by molar-refractivity contribution is 5.66. The van der Waals surface area contributed by atoms with Gasteiger partial charge in [0.25, 0.3) is 0 Å². The van der Waals surface area contributed by atoms with Gasteiger partial charge in [0, 0.05) is 32.7 Å². The number of hydrogen-bond acceptors (Lipinski definition) is 6. The number of carboxylic acid groups (broad SMARTS) is 1. The molecule has 1 aliphatic heterocycles. The van der Waals surface area contributed by atoms with Crippen LogP contribution in [0.2, 0.25) is 0 Å². The first-order valence-electron chi connectivity index (χ1n) is 7.25. The first-order valence-corrected chi connectivity index (χ1v) is 7.25. The van der Waals surface area contributed by atoms with Gasteiger partial charge >= 0.3 is 6.09 Å². The van der Waals surface area contributed by atoms with Crippen molar-refractivity contribution >= 4 is 23.7 Å². The summed E-state index contributed by atoms with van der Waals surface area (Å²) in [5.41, 5.74) is 5.90. The average Bonchev–Trinajstić information content (AvgIpc) is 2.33. The second-order valence-electron chi connectivity index (χ2n) is 6.84. The third-order valence-electron chi connectivity index (χ3n) is 3.57. The molecule has 22 heavy (non-hydrogen) atoms. The molecule has 0 unspecified atom stereocenters. The number of amides is 1. The van der Waals surface area contributed by atoms with Crippen LogP contribution in [0.5, 0.6) is 0 Å². The fourth-order valence-corrected chi connectivity index (χ4v) is 2.10. The maximum absolute atomic E-state index is 10.9. The van der Waals surface area contributed by atoms with Gasteiger partial charge in [-0.2, -0.15) is 9.97 Å². The van der Waals surface area contributed by atoms with Crippen molar-refractivity contribution in [3.05, 3.63) is 6.07 Å². The molecule has 122 valence electrons. The Morgan fingerprint density at radius 3 is 2.68 bits per heavy atom. The van der Waals surface area contributed by atoms with Crippen LogP contribution >= 0.6 is 0 Å². The molecular weight excluding hydrogens is 284 g/mol. The van der Waals surface area contributed by atoms with Gasteiger partial charge in [0.05, 0.1) is 6.04 Å². The van der Waals surface area contributed by atoms with Crippen molar-refractivity contribution in [3.63, 3.8) is 0 Å². The van der Waals surface area contributed by atoms with Gasteiger partial charge < -0.3 is 26.0 Å². The van der Waals surface area contributed by atoms with Crippen LogP contribution in [0.1, 0.15) is 20.8 Å². The quantitative estimate of drug-likeness (QED) is 0.769. The van der Waals surface area contributed by atoms with Gasteiger partial charge in [0.1, 0.15) is 11.6 Å². The van der Waals surface area contributed by atoms with Crippen molar-refractivity contribution in [2.75, 3.05) is 42.6 Å². The van der Waals surface area contributed by atoms with Gasteiger partial charge in [-0.15, -0.1) is 0 Å². The van der Waals surface area contributed by atoms with Crippen LogP contribution < -0.4 is 16.0 Å². The number of nitrogens with zero attached hydrogens (tertiary/aromatic N) is 4. The summed E-state index contributed by atoms with van der Waals surface area (Å²) in [5.74, 6) is 1.62. The summed E-state index contributed by atoms with van der Waals surface area (Å²) in [6.07, 6.45) is -0.917. The van der Waals surface area contributed by atoms with Crippen LogP contribution in [-0.4, -0.2) is 58.8 Å². The zero-order valence-corrected chi connectivity index (χ0v) is 13.5. The van der Waals surface area contributed by atoms with Crippen LogP contribution in [-0.2, 0) is 0 Å². The summed E-state index contributed by atoms with van der Waals surface area (Å²) < 4.78 is 0. The van der Waals surface area contributed by atoms with Crippen molar-refractivity contribution in [1.82, 2.24) is 14.9 Å². The van der Waals surface area contributed by atoms with Crippen LogP contribution in [0.4, 0.5) is 22.4 Å². The Labute approximate surface area is 130 Å². The monoisotopic (exact) mass is 308 g/mol. The molecule has 8 nitrogen and oxygen atoms in total. The highest BCUT2D eigenvalue weighted by atomic mass is 16.4. The van der Waals surface area contributed by atoms with Crippen LogP contribution in [0.25, 0.3) is 0 Å². The van der Waals surface area contributed by atoms with Gasteiger partial charge in [0.15, 0.2) is 0 Å². The SMILES string of the molecule is CN(C(=O)O)C1CN(c2cc(NCC(C)(C)C)nc(N)n2)C1. The summed E-state index contributed by atoms with van der Waals surface area (Å²) in [4.78, 5) is 22.6. The van der Waals surface area contributed by atoms with Gasteiger partial charge in [-0.1, -0.05) is 20.8 Å². The Morgan fingerprint density at radius 1 is 1.50 bits per heavy atom. The highest BCUT2D eigenvalue weighted by Gasteiger charge is 2.33. The first kappa shape index (κ1) is 16.1. The van der Waals surface area contributed by atoms with Crippen LogP contribution in [0.3, 0.4) is 0 Å². The highest BCUT2D eigenvalue weighted by Crippen LogP contribution is 2.24. The van der Waals surface area contributed by atoms with Crippen LogP contribution in [0, 0.1) is 5.41 Å². The van der Waals surface area contributed by atoms with Crippen molar-refractivity contribution in [2.24, 2.45) is 5.41 Å². The third kappa shape index (κ3) is 3.90. The molecule has 0 aromatic carbocycles. The van der Waals surface area contributed by atoms with E-state index in [4.69, 9.17) is 10.8 Å². The second kappa shape index (κ2) is 5.86. The van der Waals surface area contributed by atoms with Crippen LogP contribution in [0.15, 0.2) is 6.07 Å². The lowest BCUT2D eigenvalue weighted by atomic mass is 9.97. The third-order valence-corrected chi connectivity index (χ3v) is 3.57. The Kier molecular flexibility index (Phi) is 4.30. The van der Waals surface area contributed by atoms with E-state index in [9.17, 15) is 4.79 Å². The maximum atomic E-state index is 10.9. The summed E-state index contributed by atoms with van der Waals surface area (Å²) in [5, 5.41) is 12.2. The molecule has 1 aliphatic rings. The standard InChI is InChI=1S/C14H24N6O2/c1-14(2,3)8-16-10-5-11(18-12(15)17-10)20-6-9(7-20)19(4)13(21)22/h5,9H,6-8H2,1-4H3,(H,21,22)(H3,15,16,17,18). The number of anilines is 3. The molecular formula is C14H24N6O2. The predicted octanol–water partition coefficient (Wildman–Crippen LogP) is 1.32. The molecule has 1 saturated heterocycles. The van der Waals surface area contributed by atoms with E-state index in [1.165, 1.54) is 4.90 Å². The number of nitrogens with two attached hydrogens (primary N) is 1. The lowest BCUT2D eigenvalue weighted by Crippen LogP contribution is -2.59.